The van der Waals surface area contributed by atoms with Crippen LogP contribution in [-0.4, -0.2) is 41.8 Å². The van der Waals surface area contributed by atoms with Gasteiger partial charge in [-0.15, -0.1) is 0 Å². The van der Waals surface area contributed by atoms with Crippen LogP contribution in [0.25, 0.3) is 0 Å². The third-order valence-electron chi connectivity index (χ3n) is 3.50. The van der Waals surface area contributed by atoms with Gasteiger partial charge in [0.1, 0.15) is 6.61 Å². The number of ether oxygens (including phenoxy) is 1. The molecule has 0 atom stereocenters. The summed E-state index contributed by atoms with van der Waals surface area (Å²) in [5.41, 5.74) is 2.61. The molecule has 1 fully saturated rings. The summed E-state index contributed by atoms with van der Waals surface area (Å²) in [6.45, 7) is 4.82. The van der Waals surface area contributed by atoms with Crippen molar-refractivity contribution >= 4 is 5.97 Å². The molecule has 4 nitrogen and oxygen atoms in total. The Labute approximate surface area is 114 Å². The second-order valence-corrected chi connectivity index (χ2v) is 5.17. The molecular weight excluding hydrogens is 242 g/mol. The topological polar surface area (TPSA) is 49.8 Å². The Bertz CT molecular complexity index is 408. The molecule has 0 amide bonds. The maximum absolute atomic E-state index is 10.4. The number of benzene rings is 1. The lowest BCUT2D eigenvalue weighted by atomic mass is 10.1. The molecule has 4 heteroatoms. The number of hydrogen-bond donors (Lipinski definition) is 1. The van der Waals surface area contributed by atoms with Crippen molar-refractivity contribution in [2.75, 3.05) is 19.7 Å². The molecular formula is C15H21NO3. The highest BCUT2D eigenvalue weighted by Gasteiger charge is 2.20. The molecule has 0 saturated carbocycles. The van der Waals surface area contributed by atoms with Gasteiger partial charge in [0.05, 0.1) is 6.10 Å². The first-order chi connectivity index (χ1) is 9.13. The van der Waals surface area contributed by atoms with Crippen molar-refractivity contribution in [2.45, 2.75) is 32.4 Å². The molecule has 104 valence electrons. The molecule has 1 N–H and O–H groups in total. The lowest BCUT2D eigenvalue weighted by Gasteiger charge is -2.31. The average molecular weight is 263 g/mol. The molecule has 0 unspecified atom stereocenters. The predicted molar refractivity (Wildman–Crippen MR) is 73.1 cm³/mol. The van der Waals surface area contributed by atoms with Gasteiger partial charge in [-0.1, -0.05) is 29.8 Å². The van der Waals surface area contributed by atoms with Crippen molar-refractivity contribution < 1.29 is 14.6 Å². The van der Waals surface area contributed by atoms with Crippen molar-refractivity contribution in [1.29, 1.82) is 0 Å². The molecule has 1 aromatic carbocycles. The molecule has 19 heavy (non-hydrogen) atoms. The molecule has 1 aliphatic heterocycles. The Morgan fingerprint density at radius 2 is 1.95 bits per heavy atom. The Hall–Kier alpha value is -1.39. The number of carbonyl (C=O) groups is 1. The maximum atomic E-state index is 10.4. The normalized spacial score (nSPS) is 17.5. The quantitative estimate of drug-likeness (QED) is 0.883. The molecule has 2 rings (SSSR count). The van der Waals surface area contributed by atoms with Crippen LogP contribution in [-0.2, 0) is 16.1 Å². The van der Waals surface area contributed by atoms with Crippen LogP contribution in [0, 0.1) is 6.92 Å². The largest absolute Gasteiger partial charge is 0.480 e. The van der Waals surface area contributed by atoms with E-state index in [-0.39, 0.29) is 12.7 Å². The molecule has 0 radical (unpaired) electrons. The zero-order valence-corrected chi connectivity index (χ0v) is 11.3. The standard InChI is InChI=1S/C15H21NO3/c1-12-2-4-13(5-3-12)10-16-8-6-14(7-9-16)19-11-15(17)18/h2-5,14H,6-11H2,1H3,(H,17,18). The van der Waals surface area contributed by atoms with E-state index in [1.54, 1.807) is 0 Å². The lowest BCUT2D eigenvalue weighted by Crippen LogP contribution is -2.37. The SMILES string of the molecule is Cc1ccc(CN2CCC(OCC(=O)O)CC2)cc1. The van der Waals surface area contributed by atoms with Gasteiger partial charge < -0.3 is 9.84 Å². The van der Waals surface area contributed by atoms with Crippen LogP contribution in [0.3, 0.4) is 0 Å². The van der Waals surface area contributed by atoms with Gasteiger partial charge in [-0.3, -0.25) is 4.90 Å². The van der Waals surface area contributed by atoms with Crippen molar-refractivity contribution in [3.63, 3.8) is 0 Å². The molecule has 1 saturated heterocycles. The first-order valence-corrected chi connectivity index (χ1v) is 6.75. The number of nitrogens with zero attached hydrogens (tertiary/aromatic N) is 1. The fraction of sp³-hybridized carbons (Fsp3) is 0.533. The molecule has 0 bridgehead atoms. The minimum Gasteiger partial charge on any atom is -0.480 e. The van der Waals surface area contributed by atoms with Gasteiger partial charge in [0.2, 0.25) is 0 Å². The number of aliphatic carboxylic acids is 1. The highest BCUT2D eigenvalue weighted by molar-refractivity contribution is 5.68. The Morgan fingerprint density at radius 1 is 1.32 bits per heavy atom. The lowest BCUT2D eigenvalue weighted by molar-refractivity contribution is -0.145. The fourth-order valence-corrected chi connectivity index (χ4v) is 2.37. The highest BCUT2D eigenvalue weighted by atomic mass is 16.5. The van der Waals surface area contributed by atoms with Crippen LogP contribution < -0.4 is 0 Å². The monoisotopic (exact) mass is 263 g/mol. The second kappa shape index (κ2) is 6.68. The van der Waals surface area contributed by atoms with E-state index in [1.165, 1.54) is 11.1 Å². The van der Waals surface area contributed by atoms with Crippen LogP contribution >= 0.6 is 0 Å². The zero-order chi connectivity index (χ0) is 13.7. The van der Waals surface area contributed by atoms with E-state index in [4.69, 9.17) is 9.84 Å². The summed E-state index contributed by atoms with van der Waals surface area (Å²) >= 11 is 0. The Kier molecular flexibility index (Phi) is 4.93. The van der Waals surface area contributed by atoms with E-state index >= 15 is 0 Å². The minimum absolute atomic E-state index is 0.102. The molecule has 1 heterocycles. The van der Waals surface area contributed by atoms with Crippen LogP contribution in [0.5, 0.6) is 0 Å². The number of likely N-dealkylation sites (tertiary alicyclic amines) is 1. The summed E-state index contributed by atoms with van der Waals surface area (Å²) in [7, 11) is 0. The van der Waals surface area contributed by atoms with Crippen LogP contribution in [0.2, 0.25) is 0 Å². The second-order valence-electron chi connectivity index (χ2n) is 5.17. The predicted octanol–water partition coefficient (Wildman–Crippen LogP) is 2.06. The van der Waals surface area contributed by atoms with E-state index in [0.717, 1.165) is 32.5 Å². The number of rotatable bonds is 5. The van der Waals surface area contributed by atoms with E-state index < -0.39 is 5.97 Å². The maximum Gasteiger partial charge on any atom is 0.329 e. The molecule has 1 aromatic rings. The third-order valence-corrected chi connectivity index (χ3v) is 3.50. The molecule has 1 aliphatic rings. The number of piperidine rings is 1. The van der Waals surface area contributed by atoms with E-state index in [1.807, 2.05) is 0 Å². The average Bonchev–Trinajstić information content (AvgIpc) is 2.40. The van der Waals surface area contributed by atoms with E-state index in [0.29, 0.717) is 0 Å². The summed E-state index contributed by atoms with van der Waals surface area (Å²) in [6.07, 6.45) is 1.93. The Morgan fingerprint density at radius 3 is 2.53 bits per heavy atom. The van der Waals surface area contributed by atoms with Gasteiger partial charge in [-0.25, -0.2) is 4.79 Å². The van der Waals surface area contributed by atoms with Gasteiger partial charge in [-0.2, -0.15) is 0 Å². The van der Waals surface area contributed by atoms with Gasteiger partial charge in [0.25, 0.3) is 0 Å². The smallest absolute Gasteiger partial charge is 0.329 e. The van der Waals surface area contributed by atoms with Crippen molar-refractivity contribution in [3.8, 4) is 0 Å². The van der Waals surface area contributed by atoms with E-state index in [2.05, 4.69) is 36.1 Å². The first-order valence-electron chi connectivity index (χ1n) is 6.75. The van der Waals surface area contributed by atoms with Crippen LogP contribution in [0.4, 0.5) is 0 Å². The fourth-order valence-electron chi connectivity index (χ4n) is 2.37. The van der Waals surface area contributed by atoms with Gasteiger partial charge in [0, 0.05) is 19.6 Å². The van der Waals surface area contributed by atoms with Crippen molar-refractivity contribution in [2.24, 2.45) is 0 Å². The summed E-state index contributed by atoms with van der Waals surface area (Å²) in [5.74, 6) is -0.887. The summed E-state index contributed by atoms with van der Waals surface area (Å²) in [4.78, 5) is 12.8. The summed E-state index contributed by atoms with van der Waals surface area (Å²) in [5, 5.41) is 8.58. The molecule has 0 spiro atoms. The zero-order valence-electron chi connectivity index (χ0n) is 11.3. The number of carboxylic acid groups (broad SMARTS) is 1. The number of hydrogen-bond acceptors (Lipinski definition) is 3. The van der Waals surface area contributed by atoms with Crippen molar-refractivity contribution in [3.05, 3.63) is 35.4 Å². The van der Waals surface area contributed by atoms with Crippen molar-refractivity contribution in [1.82, 2.24) is 4.90 Å². The first kappa shape index (κ1) is 14.0. The summed E-state index contributed by atoms with van der Waals surface area (Å²) < 4.78 is 5.33. The van der Waals surface area contributed by atoms with Crippen LogP contribution in [0.1, 0.15) is 24.0 Å². The highest BCUT2D eigenvalue weighted by Crippen LogP contribution is 2.16. The number of carboxylic acids is 1. The van der Waals surface area contributed by atoms with E-state index in [9.17, 15) is 4.79 Å². The number of aryl methyl sites for hydroxylation is 1. The summed E-state index contributed by atoms with van der Waals surface area (Å²) in [6, 6.07) is 8.61. The van der Waals surface area contributed by atoms with Crippen LogP contribution in [0.15, 0.2) is 24.3 Å². The van der Waals surface area contributed by atoms with Gasteiger partial charge in [-0.05, 0) is 25.3 Å². The minimum atomic E-state index is -0.887. The van der Waals surface area contributed by atoms with Gasteiger partial charge >= 0.3 is 5.97 Å². The van der Waals surface area contributed by atoms with Gasteiger partial charge in [0.15, 0.2) is 0 Å². The molecule has 0 aromatic heterocycles. The third kappa shape index (κ3) is 4.65. The Balaban J connectivity index is 1.74. The molecule has 0 aliphatic carbocycles.